The van der Waals surface area contributed by atoms with Crippen LogP contribution >= 0.6 is 11.3 Å². The van der Waals surface area contributed by atoms with Gasteiger partial charge in [0.2, 0.25) is 0 Å². The molecule has 0 radical (unpaired) electrons. The Kier molecular flexibility index (Phi) is 7.61. The SMILES string of the molecule is CCOc1ccc(/C(O)=C2\C(=O)C(=O)N(c3nc4ccc(OCC)cc4s3)C2c2ccc(OC)c(OC)c2)cc1. The van der Waals surface area contributed by atoms with Gasteiger partial charge in [-0.25, -0.2) is 4.98 Å². The van der Waals surface area contributed by atoms with Gasteiger partial charge in [0.05, 0.1) is 49.3 Å². The summed E-state index contributed by atoms with van der Waals surface area (Å²) in [6.07, 6.45) is 0. The number of aliphatic hydroxyl groups is 1. The zero-order chi connectivity index (χ0) is 28.4. The van der Waals surface area contributed by atoms with E-state index < -0.39 is 17.7 Å². The van der Waals surface area contributed by atoms with Gasteiger partial charge in [0, 0.05) is 5.56 Å². The van der Waals surface area contributed by atoms with Gasteiger partial charge in [-0.2, -0.15) is 0 Å². The van der Waals surface area contributed by atoms with Gasteiger partial charge in [0.1, 0.15) is 17.3 Å². The van der Waals surface area contributed by atoms with E-state index >= 15 is 0 Å². The van der Waals surface area contributed by atoms with E-state index in [0.717, 1.165) is 4.70 Å². The third-order valence-corrected chi connectivity index (χ3v) is 7.49. The van der Waals surface area contributed by atoms with Crippen LogP contribution in [0.2, 0.25) is 0 Å². The van der Waals surface area contributed by atoms with Crippen molar-refractivity contribution in [1.82, 2.24) is 4.98 Å². The summed E-state index contributed by atoms with van der Waals surface area (Å²) < 4.78 is 22.8. The van der Waals surface area contributed by atoms with E-state index in [4.69, 9.17) is 18.9 Å². The van der Waals surface area contributed by atoms with Crippen molar-refractivity contribution in [2.75, 3.05) is 32.3 Å². The first-order valence-corrected chi connectivity index (χ1v) is 13.5. The van der Waals surface area contributed by atoms with Gasteiger partial charge in [-0.05, 0) is 74.0 Å². The molecular formula is C30H28N2O7S. The van der Waals surface area contributed by atoms with E-state index in [1.54, 1.807) is 48.5 Å². The standard InChI is InChI=1S/C30H28N2O7S/c1-5-38-19-10-7-17(8-11-19)27(33)25-26(18-9-14-22(36-3)23(15-18)37-4)32(29(35)28(25)34)30-31-21-13-12-20(39-6-2)16-24(21)40-30/h7-16,26,33H,5-6H2,1-4H3/b27-25+. The summed E-state index contributed by atoms with van der Waals surface area (Å²) in [6.45, 7) is 4.77. The van der Waals surface area contributed by atoms with Crippen LogP contribution in [0.5, 0.6) is 23.0 Å². The molecule has 1 aliphatic rings. The Labute approximate surface area is 235 Å². The fraction of sp³-hybridized carbons (Fsp3) is 0.233. The minimum atomic E-state index is -0.974. The van der Waals surface area contributed by atoms with Crippen LogP contribution in [0, 0.1) is 0 Å². The fourth-order valence-electron chi connectivity index (χ4n) is 4.65. The first kappa shape index (κ1) is 27.0. The lowest BCUT2D eigenvalue weighted by molar-refractivity contribution is -0.132. The van der Waals surface area contributed by atoms with Crippen LogP contribution in [0.1, 0.15) is 31.0 Å². The molecule has 1 atom stereocenters. The molecule has 1 unspecified atom stereocenters. The van der Waals surface area contributed by atoms with Crippen LogP contribution in [-0.2, 0) is 9.59 Å². The van der Waals surface area contributed by atoms with Crippen LogP contribution in [0.4, 0.5) is 5.13 Å². The Morgan fingerprint density at radius 2 is 1.57 bits per heavy atom. The van der Waals surface area contributed by atoms with Gasteiger partial charge in [-0.3, -0.25) is 14.5 Å². The number of anilines is 1. The number of amides is 1. The highest BCUT2D eigenvalue weighted by molar-refractivity contribution is 7.22. The van der Waals surface area contributed by atoms with Crippen molar-refractivity contribution >= 4 is 44.1 Å². The molecule has 5 rings (SSSR count). The van der Waals surface area contributed by atoms with Crippen molar-refractivity contribution in [2.45, 2.75) is 19.9 Å². The maximum atomic E-state index is 13.6. The van der Waals surface area contributed by atoms with Gasteiger partial charge in [0.15, 0.2) is 16.6 Å². The molecule has 10 heteroatoms. The third kappa shape index (κ3) is 4.82. The number of nitrogens with zero attached hydrogens (tertiary/aromatic N) is 2. The molecule has 0 bridgehead atoms. The monoisotopic (exact) mass is 560 g/mol. The zero-order valence-corrected chi connectivity index (χ0v) is 23.3. The summed E-state index contributed by atoms with van der Waals surface area (Å²) in [7, 11) is 3.02. The van der Waals surface area contributed by atoms with E-state index in [1.807, 2.05) is 26.0 Å². The molecule has 1 fully saturated rings. The van der Waals surface area contributed by atoms with Crippen molar-refractivity contribution in [3.05, 3.63) is 77.4 Å². The van der Waals surface area contributed by atoms with E-state index in [1.165, 1.54) is 30.5 Å². The predicted octanol–water partition coefficient (Wildman–Crippen LogP) is 5.74. The lowest BCUT2D eigenvalue weighted by atomic mass is 9.95. The molecule has 0 aliphatic carbocycles. The van der Waals surface area contributed by atoms with Crippen molar-refractivity contribution < 1.29 is 33.6 Å². The van der Waals surface area contributed by atoms with E-state index in [9.17, 15) is 14.7 Å². The van der Waals surface area contributed by atoms with Gasteiger partial charge < -0.3 is 24.1 Å². The number of carbonyl (C=O) groups is 2. The maximum Gasteiger partial charge on any atom is 0.301 e. The summed E-state index contributed by atoms with van der Waals surface area (Å²) >= 11 is 1.26. The molecule has 1 aromatic heterocycles. The second kappa shape index (κ2) is 11.3. The molecule has 0 spiro atoms. The Morgan fingerprint density at radius 3 is 2.25 bits per heavy atom. The number of benzene rings is 3. The van der Waals surface area contributed by atoms with Crippen LogP contribution in [-0.4, -0.2) is 49.2 Å². The average molecular weight is 561 g/mol. The Bertz CT molecular complexity index is 1610. The van der Waals surface area contributed by atoms with Crippen molar-refractivity contribution in [3.63, 3.8) is 0 Å². The minimum Gasteiger partial charge on any atom is -0.507 e. The molecule has 206 valence electrons. The maximum absolute atomic E-state index is 13.6. The number of hydrogen-bond donors (Lipinski definition) is 1. The molecule has 9 nitrogen and oxygen atoms in total. The molecular weight excluding hydrogens is 532 g/mol. The predicted molar refractivity (Wildman–Crippen MR) is 153 cm³/mol. The number of thiazole rings is 1. The van der Waals surface area contributed by atoms with Crippen molar-refractivity contribution in [2.24, 2.45) is 0 Å². The van der Waals surface area contributed by atoms with E-state index in [2.05, 4.69) is 4.98 Å². The topological polar surface area (TPSA) is 107 Å². The Morgan fingerprint density at radius 1 is 0.900 bits per heavy atom. The highest BCUT2D eigenvalue weighted by Crippen LogP contribution is 2.46. The van der Waals surface area contributed by atoms with Gasteiger partial charge in [0.25, 0.3) is 5.78 Å². The lowest BCUT2D eigenvalue weighted by Crippen LogP contribution is -2.29. The number of Topliss-reactive ketones (excluding diaryl/α,β-unsaturated/α-hetero) is 1. The molecule has 0 saturated carbocycles. The molecule has 1 saturated heterocycles. The fourth-order valence-corrected chi connectivity index (χ4v) is 5.67. The number of fused-ring (bicyclic) bond motifs is 1. The van der Waals surface area contributed by atoms with E-state index in [-0.39, 0.29) is 11.3 Å². The first-order valence-electron chi connectivity index (χ1n) is 12.7. The normalized spacial score (nSPS) is 16.4. The molecule has 4 aromatic rings. The summed E-state index contributed by atoms with van der Waals surface area (Å²) in [5.41, 5.74) is 1.51. The highest BCUT2D eigenvalue weighted by Gasteiger charge is 2.48. The number of aromatic nitrogens is 1. The number of carbonyl (C=O) groups excluding carboxylic acids is 2. The minimum absolute atomic E-state index is 0.0596. The number of ether oxygens (including phenoxy) is 4. The number of aliphatic hydroxyl groups excluding tert-OH is 1. The molecule has 2 heterocycles. The van der Waals surface area contributed by atoms with E-state index in [0.29, 0.717) is 58.0 Å². The Balaban J connectivity index is 1.69. The van der Waals surface area contributed by atoms with Crippen LogP contribution in [0.15, 0.2) is 66.2 Å². The summed E-state index contributed by atoms with van der Waals surface area (Å²) in [4.78, 5) is 33.2. The number of ketones is 1. The summed E-state index contributed by atoms with van der Waals surface area (Å²) in [6, 6.07) is 16.3. The van der Waals surface area contributed by atoms with Crippen molar-refractivity contribution in [1.29, 1.82) is 0 Å². The average Bonchev–Trinajstić information content (AvgIpc) is 3.50. The van der Waals surface area contributed by atoms with Gasteiger partial charge in [-0.1, -0.05) is 17.4 Å². The van der Waals surface area contributed by atoms with Gasteiger partial charge >= 0.3 is 5.91 Å². The number of hydrogen-bond acceptors (Lipinski definition) is 9. The molecule has 1 N–H and O–H groups in total. The number of rotatable bonds is 9. The summed E-state index contributed by atoms with van der Waals surface area (Å²) in [5, 5.41) is 11.8. The lowest BCUT2D eigenvalue weighted by Gasteiger charge is -2.23. The second-order valence-corrected chi connectivity index (χ2v) is 9.81. The molecule has 1 amide bonds. The summed E-state index contributed by atoms with van der Waals surface area (Å²) in [5.74, 6) is 0.284. The molecule has 1 aliphatic heterocycles. The Hall–Kier alpha value is -4.57. The van der Waals surface area contributed by atoms with Crippen molar-refractivity contribution in [3.8, 4) is 23.0 Å². The van der Waals surface area contributed by atoms with Gasteiger partial charge in [-0.15, -0.1) is 0 Å². The number of methoxy groups -OCH3 is 2. The molecule has 3 aromatic carbocycles. The van der Waals surface area contributed by atoms with Crippen LogP contribution in [0.25, 0.3) is 16.0 Å². The smallest absolute Gasteiger partial charge is 0.301 e. The largest absolute Gasteiger partial charge is 0.507 e. The first-order chi connectivity index (χ1) is 19.4. The van der Waals surface area contributed by atoms with Crippen LogP contribution in [0.3, 0.4) is 0 Å². The highest BCUT2D eigenvalue weighted by atomic mass is 32.1. The zero-order valence-electron chi connectivity index (χ0n) is 22.5. The molecule has 40 heavy (non-hydrogen) atoms. The third-order valence-electron chi connectivity index (χ3n) is 6.47. The quantitative estimate of drug-likeness (QED) is 0.157. The second-order valence-electron chi connectivity index (χ2n) is 8.80. The van der Waals surface area contributed by atoms with Crippen LogP contribution < -0.4 is 23.8 Å².